The Morgan fingerprint density at radius 3 is 2.76 bits per heavy atom. The van der Waals surface area contributed by atoms with Crippen molar-refractivity contribution in [2.45, 2.75) is 32.9 Å². The van der Waals surface area contributed by atoms with Crippen molar-refractivity contribution in [2.75, 3.05) is 13.1 Å². The summed E-state index contributed by atoms with van der Waals surface area (Å²) in [4.78, 5) is 8.50. The summed E-state index contributed by atoms with van der Waals surface area (Å²) in [6, 6.07) is 9.78. The van der Waals surface area contributed by atoms with Crippen molar-refractivity contribution in [3.8, 4) is 0 Å². The van der Waals surface area contributed by atoms with Gasteiger partial charge < -0.3 is 5.11 Å². The highest BCUT2D eigenvalue weighted by Gasteiger charge is 2.23. The molecule has 0 fully saturated rings. The summed E-state index contributed by atoms with van der Waals surface area (Å²) in [5.74, 6) is 0.689. The zero-order valence-electron chi connectivity index (χ0n) is 12.6. The molecular formula is C17H22N2OS. The van der Waals surface area contributed by atoms with Gasteiger partial charge in [-0.3, -0.25) is 4.90 Å². The molecule has 3 rings (SSSR count). The SMILES string of the molecule is CC(C)CN1CCc2nc(C(O)c3ccccc3)sc2C1. The standard InChI is InChI=1S/C17H22N2OS/c1-12(2)10-19-9-8-14-15(11-19)21-17(18-14)16(20)13-6-4-3-5-7-13/h3-7,12,16,20H,8-11H2,1-2H3. The lowest BCUT2D eigenvalue weighted by atomic mass is 10.1. The third-order valence-electron chi connectivity index (χ3n) is 3.80. The van der Waals surface area contributed by atoms with E-state index in [0.29, 0.717) is 5.92 Å². The van der Waals surface area contributed by atoms with Gasteiger partial charge >= 0.3 is 0 Å². The average molecular weight is 302 g/mol. The van der Waals surface area contributed by atoms with E-state index >= 15 is 0 Å². The van der Waals surface area contributed by atoms with Crippen LogP contribution in [0.25, 0.3) is 0 Å². The van der Waals surface area contributed by atoms with Crippen LogP contribution in [0.4, 0.5) is 0 Å². The molecule has 1 unspecified atom stereocenters. The van der Waals surface area contributed by atoms with Crippen molar-refractivity contribution < 1.29 is 5.11 Å². The van der Waals surface area contributed by atoms with Crippen LogP contribution < -0.4 is 0 Å². The predicted octanol–water partition coefficient (Wildman–Crippen LogP) is 3.24. The Balaban J connectivity index is 1.77. The third-order valence-corrected chi connectivity index (χ3v) is 4.93. The molecule has 0 spiro atoms. The molecule has 2 aromatic rings. The Morgan fingerprint density at radius 1 is 1.29 bits per heavy atom. The number of thiazole rings is 1. The first-order chi connectivity index (χ1) is 10.1. The largest absolute Gasteiger partial charge is 0.381 e. The third kappa shape index (κ3) is 3.34. The topological polar surface area (TPSA) is 36.4 Å². The molecule has 1 atom stereocenters. The number of aliphatic hydroxyl groups excluding tert-OH is 1. The van der Waals surface area contributed by atoms with E-state index in [-0.39, 0.29) is 0 Å². The van der Waals surface area contributed by atoms with Gasteiger partial charge in [0.15, 0.2) is 0 Å². The molecule has 4 heteroatoms. The van der Waals surface area contributed by atoms with Gasteiger partial charge in [0.25, 0.3) is 0 Å². The van der Waals surface area contributed by atoms with E-state index in [2.05, 4.69) is 23.7 Å². The number of benzene rings is 1. The molecule has 1 aliphatic rings. The monoisotopic (exact) mass is 302 g/mol. The van der Waals surface area contributed by atoms with E-state index in [1.54, 1.807) is 11.3 Å². The normalized spacial score (nSPS) is 17.0. The summed E-state index contributed by atoms with van der Waals surface area (Å²) in [5, 5.41) is 11.3. The Labute approximate surface area is 130 Å². The van der Waals surface area contributed by atoms with Crippen LogP contribution in [0.15, 0.2) is 30.3 Å². The Bertz CT molecular complexity index is 594. The van der Waals surface area contributed by atoms with Crippen LogP contribution in [0.2, 0.25) is 0 Å². The molecule has 0 radical (unpaired) electrons. The second-order valence-electron chi connectivity index (χ2n) is 6.11. The number of fused-ring (bicyclic) bond motifs is 1. The molecule has 0 saturated carbocycles. The van der Waals surface area contributed by atoms with E-state index < -0.39 is 6.10 Å². The van der Waals surface area contributed by atoms with Crippen molar-refractivity contribution in [1.29, 1.82) is 0 Å². The minimum absolute atomic E-state index is 0.597. The molecule has 1 N–H and O–H groups in total. The first-order valence-electron chi connectivity index (χ1n) is 7.57. The van der Waals surface area contributed by atoms with Crippen LogP contribution in [0.3, 0.4) is 0 Å². The van der Waals surface area contributed by atoms with Gasteiger partial charge in [-0.2, -0.15) is 0 Å². The summed E-state index contributed by atoms with van der Waals surface area (Å²) in [6.45, 7) is 7.70. The number of aromatic nitrogens is 1. The highest BCUT2D eigenvalue weighted by Crippen LogP contribution is 2.31. The molecule has 0 saturated heterocycles. The van der Waals surface area contributed by atoms with Crippen molar-refractivity contribution in [1.82, 2.24) is 9.88 Å². The minimum Gasteiger partial charge on any atom is -0.381 e. The Kier molecular flexibility index (Phi) is 4.38. The van der Waals surface area contributed by atoms with E-state index in [1.165, 1.54) is 10.6 Å². The van der Waals surface area contributed by atoms with Gasteiger partial charge in [0.05, 0.1) is 5.69 Å². The first kappa shape index (κ1) is 14.7. The lowest BCUT2D eigenvalue weighted by Crippen LogP contribution is -2.32. The van der Waals surface area contributed by atoms with Crippen molar-refractivity contribution in [2.24, 2.45) is 5.92 Å². The fraction of sp³-hybridized carbons (Fsp3) is 0.471. The average Bonchev–Trinajstić information content (AvgIpc) is 2.90. The molecule has 1 aliphatic heterocycles. The number of hydrogen-bond acceptors (Lipinski definition) is 4. The van der Waals surface area contributed by atoms with Crippen LogP contribution in [0, 0.1) is 5.92 Å². The maximum Gasteiger partial charge on any atom is 0.131 e. The molecule has 21 heavy (non-hydrogen) atoms. The summed E-state index contributed by atoms with van der Waals surface area (Å²) in [6.07, 6.45) is 0.403. The summed E-state index contributed by atoms with van der Waals surface area (Å²) in [5.41, 5.74) is 2.10. The maximum absolute atomic E-state index is 10.5. The van der Waals surface area contributed by atoms with Gasteiger partial charge in [0, 0.05) is 30.9 Å². The van der Waals surface area contributed by atoms with Crippen LogP contribution in [0.1, 0.15) is 41.1 Å². The summed E-state index contributed by atoms with van der Waals surface area (Å²) < 4.78 is 0. The highest BCUT2D eigenvalue weighted by atomic mass is 32.1. The Hall–Kier alpha value is -1.23. The molecule has 1 aromatic heterocycles. The quantitative estimate of drug-likeness (QED) is 0.942. The van der Waals surface area contributed by atoms with Gasteiger partial charge in [-0.1, -0.05) is 44.2 Å². The van der Waals surface area contributed by atoms with Gasteiger partial charge in [-0.05, 0) is 11.5 Å². The van der Waals surface area contributed by atoms with E-state index in [1.807, 2.05) is 30.3 Å². The van der Waals surface area contributed by atoms with Crippen LogP contribution in [0.5, 0.6) is 0 Å². The van der Waals surface area contributed by atoms with Crippen molar-refractivity contribution in [3.05, 3.63) is 51.5 Å². The lowest BCUT2D eigenvalue weighted by Gasteiger charge is -2.27. The van der Waals surface area contributed by atoms with Gasteiger partial charge in [-0.25, -0.2) is 4.98 Å². The van der Waals surface area contributed by atoms with Gasteiger partial charge in [0.1, 0.15) is 11.1 Å². The predicted molar refractivity (Wildman–Crippen MR) is 86.4 cm³/mol. The van der Waals surface area contributed by atoms with E-state index in [0.717, 1.165) is 36.6 Å². The van der Waals surface area contributed by atoms with E-state index in [4.69, 9.17) is 0 Å². The fourth-order valence-corrected chi connectivity index (χ4v) is 4.00. The van der Waals surface area contributed by atoms with Crippen LogP contribution in [-0.2, 0) is 13.0 Å². The number of nitrogens with zero attached hydrogens (tertiary/aromatic N) is 2. The molecule has 112 valence electrons. The smallest absolute Gasteiger partial charge is 0.131 e. The molecule has 1 aromatic carbocycles. The Morgan fingerprint density at radius 2 is 2.05 bits per heavy atom. The van der Waals surface area contributed by atoms with Gasteiger partial charge in [0.2, 0.25) is 0 Å². The summed E-state index contributed by atoms with van der Waals surface area (Å²) in [7, 11) is 0. The first-order valence-corrected chi connectivity index (χ1v) is 8.39. The molecule has 0 bridgehead atoms. The van der Waals surface area contributed by atoms with E-state index in [9.17, 15) is 5.11 Å². The molecule has 0 aliphatic carbocycles. The second kappa shape index (κ2) is 6.26. The minimum atomic E-state index is -0.597. The number of rotatable bonds is 4. The molecular weight excluding hydrogens is 280 g/mol. The lowest BCUT2D eigenvalue weighted by molar-refractivity contribution is 0.218. The van der Waals surface area contributed by atoms with Crippen LogP contribution in [-0.4, -0.2) is 28.1 Å². The van der Waals surface area contributed by atoms with Crippen LogP contribution >= 0.6 is 11.3 Å². The number of aliphatic hydroxyl groups is 1. The van der Waals surface area contributed by atoms with Gasteiger partial charge in [-0.15, -0.1) is 11.3 Å². The fourth-order valence-electron chi connectivity index (χ4n) is 2.84. The van der Waals surface area contributed by atoms with Crippen molar-refractivity contribution >= 4 is 11.3 Å². The summed E-state index contributed by atoms with van der Waals surface area (Å²) >= 11 is 1.67. The molecule has 3 nitrogen and oxygen atoms in total. The maximum atomic E-state index is 10.5. The number of hydrogen-bond donors (Lipinski definition) is 1. The highest BCUT2D eigenvalue weighted by molar-refractivity contribution is 7.11. The second-order valence-corrected chi connectivity index (χ2v) is 7.23. The molecule has 0 amide bonds. The molecule has 2 heterocycles. The van der Waals surface area contributed by atoms with Crippen molar-refractivity contribution in [3.63, 3.8) is 0 Å². The zero-order valence-corrected chi connectivity index (χ0v) is 13.4. The zero-order chi connectivity index (χ0) is 14.8.